The van der Waals surface area contributed by atoms with Gasteiger partial charge in [-0.1, -0.05) is 58.9 Å². The Hall–Kier alpha value is -3.22. The normalized spacial score (nSPS) is 12.0. The molecule has 0 aliphatic rings. The average molecular weight is 412 g/mol. The number of rotatable bonds is 8. The Balaban J connectivity index is 1.86. The standard InChI is InChI=1S/C23H29N3O4/c1-22(2,3)16-23(4,5)18-9-11-20(12-10-18)30-15-21(27)25-24-14-17-7-6-8-19(13-17)26(28)29/h6-14H,15-16H2,1-5H3,(H,25,27)/b24-14-. The minimum atomic E-state index is -0.487. The van der Waals surface area contributed by atoms with Crippen molar-refractivity contribution in [3.8, 4) is 5.75 Å². The van der Waals surface area contributed by atoms with Gasteiger partial charge in [-0.3, -0.25) is 14.9 Å². The van der Waals surface area contributed by atoms with Gasteiger partial charge in [0.25, 0.3) is 11.6 Å². The molecule has 7 nitrogen and oxygen atoms in total. The first-order valence-electron chi connectivity index (χ1n) is 9.76. The van der Waals surface area contributed by atoms with Gasteiger partial charge < -0.3 is 4.74 Å². The van der Waals surface area contributed by atoms with Crippen LogP contribution in [0.15, 0.2) is 53.6 Å². The Kier molecular flexibility index (Phi) is 7.32. The second-order valence-electron chi connectivity index (χ2n) is 9.08. The molecule has 160 valence electrons. The fourth-order valence-electron chi connectivity index (χ4n) is 3.51. The smallest absolute Gasteiger partial charge is 0.277 e. The van der Waals surface area contributed by atoms with E-state index in [1.54, 1.807) is 12.1 Å². The van der Waals surface area contributed by atoms with E-state index in [-0.39, 0.29) is 23.1 Å². The number of amides is 1. The minimum absolute atomic E-state index is 0.0371. The lowest BCUT2D eigenvalue weighted by Crippen LogP contribution is -2.25. The third kappa shape index (κ3) is 7.31. The topological polar surface area (TPSA) is 93.8 Å². The van der Waals surface area contributed by atoms with Gasteiger partial charge in [0.1, 0.15) is 5.75 Å². The summed E-state index contributed by atoms with van der Waals surface area (Å²) < 4.78 is 5.51. The van der Waals surface area contributed by atoms with Crippen LogP contribution in [-0.2, 0) is 10.2 Å². The summed E-state index contributed by atoms with van der Waals surface area (Å²) in [7, 11) is 0. The van der Waals surface area contributed by atoms with Gasteiger partial charge in [0, 0.05) is 17.7 Å². The van der Waals surface area contributed by atoms with E-state index in [0.717, 1.165) is 6.42 Å². The third-order valence-electron chi connectivity index (χ3n) is 4.46. The monoisotopic (exact) mass is 411 g/mol. The molecule has 0 saturated carbocycles. The summed E-state index contributed by atoms with van der Waals surface area (Å²) in [4.78, 5) is 22.2. The van der Waals surface area contributed by atoms with Crippen molar-refractivity contribution in [2.45, 2.75) is 46.5 Å². The van der Waals surface area contributed by atoms with E-state index in [0.29, 0.717) is 11.3 Å². The zero-order chi connectivity index (χ0) is 22.4. The molecule has 30 heavy (non-hydrogen) atoms. The highest BCUT2D eigenvalue weighted by atomic mass is 16.6. The number of nitro benzene ring substituents is 1. The summed E-state index contributed by atoms with van der Waals surface area (Å²) in [6.07, 6.45) is 2.39. The molecule has 0 heterocycles. The first-order valence-corrected chi connectivity index (χ1v) is 9.76. The molecule has 0 radical (unpaired) electrons. The molecule has 2 aromatic carbocycles. The van der Waals surface area contributed by atoms with E-state index < -0.39 is 10.8 Å². The first kappa shape index (κ1) is 23.1. The summed E-state index contributed by atoms with van der Waals surface area (Å²) >= 11 is 0. The number of hydrogen-bond acceptors (Lipinski definition) is 5. The van der Waals surface area contributed by atoms with Crippen LogP contribution in [0.1, 0.15) is 52.2 Å². The maximum absolute atomic E-state index is 11.9. The van der Waals surface area contributed by atoms with Crippen molar-refractivity contribution in [1.82, 2.24) is 5.43 Å². The van der Waals surface area contributed by atoms with Gasteiger partial charge in [0.05, 0.1) is 11.1 Å². The number of hydrogen-bond donors (Lipinski definition) is 1. The lowest BCUT2D eigenvalue weighted by atomic mass is 9.72. The van der Waals surface area contributed by atoms with Gasteiger partial charge in [0.2, 0.25) is 0 Å². The summed E-state index contributed by atoms with van der Waals surface area (Å²) in [6.45, 7) is 10.9. The van der Waals surface area contributed by atoms with Gasteiger partial charge in [0.15, 0.2) is 6.61 Å². The van der Waals surface area contributed by atoms with Crippen LogP contribution in [0, 0.1) is 15.5 Å². The van der Waals surface area contributed by atoms with Gasteiger partial charge in [-0.25, -0.2) is 5.43 Å². The largest absolute Gasteiger partial charge is 0.484 e. The molecule has 0 spiro atoms. The summed E-state index contributed by atoms with van der Waals surface area (Å²) in [5, 5.41) is 14.6. The third-order valence-corrected chi connectivity index (χ3v) is 4.46. The summed E-state index contributed by atoms with van der Waals surface area (Å²) in [5.41, 5.74) is 4.30. The molecule has 1 N–H and O–H groups in total. The van der Waals surface area contributed by atoms with Crippen LogP contribution in [0.4, 0.5) is 5.69 Å². The van der Waals surface area contributed by atoms with Crippen molar-refractivity contribution in [2.24, 2.45) is 10.5 Å². The molecular weight excluding hydrogens is 382 g/mol. The van der Waals surface area contributed by atoms with Gasteiger partial charge in [-0.15, -0.1) is 0 Å². The van der Waals surface area contributed by atoms with Crippen molar-refractivity contribution in [3.63, 3.8) is 0 Å². The van der Waals surface area contributed by atoms with Gasteiger partial charge in [-0.05, 0) is 34.9 Å². The number of benzene rings is 2. The lowest BCUT2D eigenvalue weighted by Gasteiger charge is -2.33. The number of non-ortho nitro benzene ring substituents is 1. The molecular formula is C23H29N3O4. The van der Waals surface area contributed by atoms with Crippen LogP contribution in [0.5, 0.6) is 5.75 Å². The van der Waals surface area contributed by atoms with E-state index in [9.17, 15) is 14.9 Å². The molecule has 2 rings (SSSR count). The Morgan fingerprint density at radius 3 is 2.40 bits per heavy atom. The molecule has 0 unspecified atom stereocenters. The average Bonchev–Trinajstić information content (AvgIpc) is 2.65. The first-order chi connectivity index (χ1) is 14.0. The van der Waals surface area contributed by atoms with E-state index in [1.807, 2.05) is 24.3 Å². The van der Waals surface area contributed by atoms with E-state index in [1.165, 1.54) is 23.9 Å². The Bertz CT molecular complexity index is 913. The van der Waals surface area contributed by atoms with Crippen molar-refractivity contribution in [2.75, 3.05) is 6.61 Å². The van der Waals surface area contributed by atoms with E-state index in [4.69, 9.17) is 4.74 Å². The Labute approximate surface area is 177 Å². The highest BCUT2D eigenvalue weighted by Gasteiger charge is 2.27. The number of carbonyl (C=O) groups is 1. The van der Waals surface area contributed by atoms with Crippen molar-refractivity contribution in [1.29, 1.82) is 0 Å². The fourth-order valence-corrected chi connectivity index (χ4v) is 3.51. The molecule has 0 aliphatic carbocycles. The number of nitrogens with zero attached hydrogens (tertiary/aromatic N) is 2. The highest BCUT2D eigenvalue weighted by molar-refractivity contribution is 5.83. The van der Waals surface area contributed by atoms with Gasteiger partial charge >= 0.3 is 0 Å². The molecule has 0 aromatic heterocycles. The molecule has 0 bridgehead atoms. The van der Waals surface area contributed by atoms with E-state index >= 15 is 0 Å². The quantitative estimate of drug-likeness (QED) is 0.382. The number of nitro groups is 1. The van der Waals surface area contributed by atoms with Crippen LogP contribution in [0.25, 0.3) is 0 Å². The SMILES string of the molecule is CC(C)(C)CC(C)(C)c1ccc(OCC(=O)N/N=C\c2cccc([N+](=O)[O-])c2)cc1. The highest BCUT2D eigenvalue weighted by Crippen LogP contribution is 2.36. The fraction of sp³-hybridized carbons (Fsp3) is 0.391. The van der Waals surface area contributed by atoms with Crippen LogP contribution in [-0.4, -0.2) is 23.7 Å². The second-order valence-corrected chi connectivity index (χ2v) is 9.08. The van der Waals surface area contributed by atoms with Crippen LogP contribution >= 0.6 is 0 Å². The number of hydrazone groups is 1. The van der Waals surface area contributed by atoms with Crippen LogP contribution in [0.3, 0.4) is 0 Å². The molecule has 0 atom stereocenters. The maximum atomic E-state index is 11.9. The van der Waals surface area contributed by atoms with E-state index in [2.05, 4.69) is 45.1 Å². The molecule has 0 aliphatic heterocycles. The Morgan fingerprint density at radius 2 is 1.80 bits per heavy atom. The molecule has 0 fully saturated rings. The lowest BCUT2D eigenvalue weighted by molar-refractivity contribution is -0.384. The minimum Gasteiger partial charge on any atom is -0.484 e. The van der Waals surface area contributed by atoms with Crippen molar-refractivity contribution in [3.05, 3.63) is 69.8 Å². The number of carbonyl (C=O) groups excluding carboxylic acids is 1. The summed E-state index contributed by atoms with van der Waals surface area (Å²) in [5.74, 6) is 0.178. The predicted octanol–water partition coefficient (Wildman–Crippen LogP) is 4.84. The van der Waals surface area contributed by atoms with Crippen LogP contribution in [0.2, 0.25) is 0 Å². The van der Waals surface area contributed by atoms with Gasteiger partial charge in [-0.2, -0.15) is 5.10 Å². The molecule has 7 heteroatoms. The maximum Gasteiger partial charge on any atom is 0.277 e. The second kappa shape index (κ2) is 9.52. The van der Waals surface area contributed by atoms with Crippen LogP contribution < -0.4 is 10.2 Å². The predicted molar refractivity (Wildman–Crippen MR) is 118 cm³/mol. The Morgan fingerprint density at radius 1 is 1.13 bits per heavy atom. The summed E-state index contributed by atoms with van der Waals surface area (Å²) in [6, 6.07) is 13.7. The van der Waals surface area contributed by atoms with Crippen molar-refractivity contribution >= 4 is 17.8 Å². The molecule has 1 amide bonds. The number of nitrogens with one attached hydrogen (secondary N) is 1. The van der Waals surface area contributed by atoms with Crippen molar-refractivity contribution < 1.29 is 14.5 Å². The molecule has 2 aromatic rings. The number of ether oxygens (including phenoxy) is 1. The zero-order valence-electron chi connectivity index (χ0n) is 18.1. The zero-order valence-corrected chi connectivity index (χ0v) is 18.1. The molecule has 0 saturated heterocycles.